The summed E-state index contributed by atoms with van der Waals surface area (Å²) in [6.07, 6.45) is 4.01. The Morgan fingerprint density at radius 2 is 1.15 bits per heavy atom. The van der Waals surface area contributed by atoms with Crippen LogP contribution in [0.4, 0.5) is 17.1 Å². The van der Waals surface area contributed by atoms with E-state index in [1.165, 1.54) is 16.8 Å². The lowest BCUT2D eigenvalue weighted by atomic mass is 9.76. The highest BCUT2D eigenvalue weighted by Gasteiger charge is 2.46. The Labute approximate surface area is 251 Å². The van der Waals surface area contributed by atoms with Crippen LogP contribution < -0.4 is 14.7 Å². The van der Waals surface area contributed by atoms with Gasteiger partial charge in [-0.15, -0.1) is 0 Å². The zero-order valence-corrected chi connectivity index (χ0v) is 25.7. The van der Waals surface area contributed by atoms with Crippen LogP contribution in [0.3, 0.4) is 0 Å². The number of amides is 2. The molecule has 0 aliphatic carbocycles. The lowest BCUT2D eigenvalue weighted by Crippen LogP contribution is -2.40. The fourth-order valence-electron chi connectivity index (χ4n) is 7.27. The van der Waals surface area contributed by atoms with E-state index in [1.54, 1.807) is 13.8 Å². The Balaban J connectivity index is 0.000000152. The Morgan fingerprint density at radius 3 is 1.66 bits per heavy atom. The number of fused-ring (bicyclic) bond motifs is 4. The highest BCUT2D eigenvalue weighted by atomic mass is 79.9. The first-order chi connectivity index (χ1) is 19.8. The first kappa shape index (κ1) is 28.6. The van der Waals surface area contributed by atoms with Crippen LogP contribution in [0.5, 0.6) is 0 Å². The molecule has 8 nitrogen and oxygen atoms in total. The predicted octanol–water partition coefficient (Wildman–Crippen LogP) is 4.80. The van der Waals surface area contributed by atoms with Gasteiger partial charge in [0.1, 0.15) is 0 Å². The molecular formula is C32H40BrN3O5. The molecule has 3 fully saturated rings. The fraction of sp³-hybridized carbons (Fsp3) is 0.562. The summed E-state index contributed by atoms with van der Waals surface area (Å²) in [7, 11) is 0. The van der Waals surface area contributed by atoms with E-state index < -0.39 is 0 Å². The molecule has 0 atom stereocenters. The summed E-state index contributed by atoms with van der Waals surface area (Å²) in [4.78, 5) is 30.2. The van der Waals surface area contributed by atoms with E-state index in [0.29, 0.717) is 0 Å². The van der Waals surface area contributed by atoms with E-state index >= 15 is 0 Å². The summed E-state index contributed by atoms with van der Waals surface area (Å²) in [5, 5.41) is 0. The molecule has 41 heavy (non-hydrogen) atoms. The minimum absolute atomic E-state index is 0.0861. The molecule has 7 rings (SSSR count). The van der Waals surface area contributed by atoms with Gasteiger partial charge >= 0.3 is 0 Å². The second-order valence-corrected chi connectivity index (χ2v) is 12.9. The van der Waals surface area contributed by atoms with E-state index in [1.807, 2.05) is 9.80 Å². The van der Waals surface area contributed by atoms with Gasteiger partial charge in [-0.25, -0.2) is 0 Å². The molecule has 0 N–H and O–H groups in total. The van der Waals surface area contributed by atoms with Gasteiger partial charge < -0.3 is 28.9 Å². The molecule has 2 amide bonds. The molecule has 0 bridgehead atoms. The number of ether oxygens (including phenoxy) is 3. The van der Waals surface area contributed by atoms with E-state index in [2.05, 4.69) is 57.2 Å². The van der Waals surface area contributed by atoms with Gasteiger partial charge in [0, 0.05) is 98.8 Å². The van der Waals surface area contributed by atoms with Crippen molar-refractivity contribution in [2.24, 2.45) is 0 Å². The SMILES string of the molecule is CC(=O)N1CC2(CCOCC2)c2ccc(Br)cc21.CC(=O)N1CC2(CCOCC2)c2ccc(N3CCOCC3)cc21. The molecule has 220 valence electrons. The highest BCUT2D eigenvalue weighted by Crippen LogP contribution is 2.49. The van der Waals surface area contributed by atoms with Crippen LogP contribution in [0.25, 0.3) is 0 Å². The van der Waals surface area contributed by atoms with Gasteiger partial charge in [0.15, 0.2) is 0 Å². The number of carbonyl (C=O) groups is 2. The predicted molar refractivity (Wildman–Crippen MR) is 163 cm³/mol. The van der Waals surface area contributed by atoms with Crippen molar-refractivity contribution in [3.8, 4) is 0 Å². The maximum atomic E-state index is 12.2. The summed E-state index contributed by atoms with van der Waals surface area (Å²) in [5.74, 6) is 0.256. The first-order valence-corrected chi connectivity index (χ1v) is 15.6. The van der Waals surface area contributed by atoms with Crippen LogP contribution in [0.15, 0.2) is 40.9 Å². The Bertz CT molecular complexity index is 1300. The number of benzene rings is 2. The van der Waals surface area contributed by atoms with Gasteiger partial charge in [-0.1, -0.05) is 28.1 Å². The number of hydrogen-bond donors (Lipinski definition) is 0. The first-order valence-electron chi connectivity index (χ1n) is 14.8. The molecule has 3 saturated heterocycles. The van der Waals surface area contributed by atoms with Crippen LogP contribution in [0.1, 0.15) is 50.7 Å². The van der Waals surface area contributed by atoms with Crippen molar-refractivity contribution < 1.29 is 23.8 Å². The van der Waals surface area contributed by atoms with Gasteiger partial charge in [0.05, 0.1) is 13.2 Å². The summed E-state index contributed by atoms with van der Waals surface area (Å²) in [5.41, 5.74) is 6.20. The van der Waals surface area contributed by atoms with Crippen molar-refractivity contribution in [1.29, 1.82) is 0 Å². The van der Waals surface area contributed by atoms with Crippen LogP contribution >= 0.6 is 15.9 Å². The van der Waals surface area contributed by atoms with Crippen molar-refractivity contribution in [2.45, 2.75) is 50.4 Å². The number of hydrogen-bond acceptors (Lipinski definition) is 6. The largest absolute Gasteiger partial charge is 0.381 e. The maximum absolute atomic E-state index is 12.2. The van der Waals surface area contributed by atoms with E-state index in [0.717, 1.165) is 107 Å². The van der Waals surface area contributed by atoms with Gasteiger partial charge in [-0.3, -0.25) is 9.59 Å². The number of nitrogens with zero attached hydrogens (tertiary/aromatic N) is 3. The number of carbonyl (C=O) groups excluding carboxylic acids is 2. The lowest BCUT2D eigenvalue weighted by molar-refractivity contribution is -0.117. The van der Waals surface area contributed by atoms with Crippen LogP contribution in [-0.4, -0.2) is 77.6 Å². The van der Waals surface area contributed by atoms with Crippen LogP contribution in [0.2, 0.25) is 0 Å². The third-order valence-electron chi connectivity index (χ3n) is 9.62. The maximum Gasteiger partial charge on any atom is 0.223 e. The Hall–Kier alpha value is -2.46. The summed E-state index contributed by atoms with van der Waals surface area (Å²) >= 11 is 3.49. The Kier molecular flexibility index (Phi) is 8.15. The molecule has 5 aliphatic heterocycles. The third kappa shape index (κ3) is 5.42. The van der Waals surface area contributed by atoms with Gasteiger partial charge in [0.25, 0.3) is 0 Å². The lowest BCUT2D eigenvalue weighted by Gasteiger charge is -2.34. The highest BCUT2D eigenvalue weighted by molar-refractivity contribution is 9.10. The average Bonchev–Trinajstić information content (AvgIpc) is 3.47. The summed E-state index contributed by atoms with van der Waals surface area (Å²) < 4.78 is 17.5. The standard InChI is InChI=1S/C18H24N2O3.C14H16BrNO2/c1-14(21)20-13-18(4-8-22-9-5-18)16-3-2-15(12-17(16)20)19-6-10-23-11-7-19;1-10(17)16-9-14(4-6-18-7-5-14)12-3-2-11(15)8-13(12)16/h2-3,12H,4-11,13H2,1H3;2-3,8H,4-7,9H2,1H3. The summed E-state index contributed by atoms with van der Waals surface area (Å²) in [6, 6.07) is 12.9. The molecule has 0 saturated carbocycles. The number of morpholine rings is 1. The smallest absolute Gasteiger partial charge is 0.223 e. The number of anilines is 3. The quantitative estimate of drug-likeness (QED) is 0.453. The zero-order chi connectivity index (χ0) is 28.6. The van der Waals surface area contributed by atoms with Crippen molar-refractivity contribution in [1.82, 2.24) is 0 Å². The third-order valence-corrected chi connectivity index (χ3v) is 10.1. The van der Waals surface area contributed by atoms with Crippen molar-refractivity contribution in [2.75, 3.05) is 80.5 Å². The molecule has 5 heterocycles. The number of halogens is 1. The van der Waals surface area contributed by atoms with Crippen LogP contribution in [0, 0.1) is 0 Å². The minimum Gasteiger partial charge on any atom is -0.381 e. The molecular weight excluding hydrogens is 586 g/mol. The molecule has 2 spiro atoms. The molecule has 2 aromatic rings. The second kappa shape index (κ2) is 11.7. The zero-order valence-electron chi connectivity index (χ0n) is 24.1. The molecule has 0 aromatic heterocycles. The van der Waals surface area contributed by atoms with Crippen LogP contribution in [-0.2, 0) is 34.6 Å². The van der Waals surface area contributed by atoms with E-state index in [4.69, 9.17) is 14.2 Å². The fourth-order valence-corrected chi connectivity index (χ4v) is 7.62. The van der Waals surface area contributed by atoms with E-state index in [-0.39, 0.29) is 22.6 Å². The van der Waals surface area contributed by atoms with Gasteiger partial charge in [0.2, 0.25) is 11.8 Å². The van der Waals surface area contributed by atoms with Crippen molar-refractivity contribution in [3.63, 3.8) is 0 Å². The topological polar surface area (TPSA) is 71.5 Å². The molecule has 2 aromatic carbocycles. The minimum atomic E-state index is 0.0861. The normalized spacial score (nSPS) is 22.3. The van der Waals surface area contributed by atoms with Crippen molar-refractivity contribution >= 4 is 44.8 Å². The molecule has 0 radical (unpaired) electrons. The second-order valence-electron chi connectivity index (χ2n) is 12.0. The van der Waals surface area contributed by atoms with Crippen molar-refractivity contribution in [3.05, 3.63) is 52.0 Å². The Morgan fingerprint density at radius 1 is 0.683 bits per heavy atom. The molecule has 5 aliphatic rings. The average molecular weight is 627 g/mol. The van der Waals surface area contributed by atoms with Gasteiger partial charge in [-0.05, 0) is 61.1 Å². The molecule has 0 unspecified atom stereocenters. The number of rotatable bonds is 1. The van der Waals surface area contributed by atoms with E-state index in [9.17, 15) is 9.59 Å². The summed E-state index contributed by atoms with van der Waals surface area (Å²) in [6.45, 7) is 11.5. The molecule has 9 heteroatoms. The van der Waals surface area contributed by atoms with Gasteiger partial charge in [-0.2, -0.15) is 0 Å². The monoisotopic (exact) mass is 625 g/mol.